The second-order valence-electron chi connectivity index (χ2n) is 5.85. The smallest absolute Gasteiger partial charge is 0.288 e. The SMILES string of the molecule is O=C(c1ccc(Cl)c([N+](=O)[O-])c1)N1CCN(Cc2cccnc2)CC1. The number of nitro groups is 1. The van der Waals surface area contributed by atoms with Crippen LogP contribution in [0.1, 0.15) is 15.9 Å². The van der Waals surface area contributed by atoms with Gasteiger partial charge in [-0.15, -0.1) is 0 Å². The molecule has 130 valence electrons. The van der Waals surface area contributed by atoms with E-state index in [0.29, 0.717) is 13.1 Å². The largest absolute Gasteiger partial charge is 0.336 e. The monoisotopic (exact) mass is 360 g/mol. The Morgan fingerprint density at radius 3 is 2.64 bits per heavy atom. The van der Waals surface area contributed by atoms with Crippen molar-refractivity contribution in [2.45, 2.75) is 6.54 Å². The van der Waals surface area contributed by atoms with Crippen molar-refractivity contribution < 1.29 is 9.72 Å². The normalized spacial score (nSPS) is 15.2. The summed E-state index contributed by atoms with van der Waals surface area (Å²) in [7, 11) is 0. The highest BCUT2D eigenvalue weighted by atomic mass is 35.5. The van der Waals surface area contributed by atoms with Crippen molar-refractivity contribution >= 4 is 23.2 Å². The summed E-state index contributed by atoms with van der Waals surface area (Å²) in [5.74, 6) is -0.208. The molecule has 1 aliphatic rings. The van der Waals surface area contributed by atoms with Gasteiger partial charge >= 0.3 is 0 Å². The van der Waals surface area contributed by atoms with E-state index in [1.165, 1.54) is 18.2 Å². The third-order valence-electron chi connectivity index (χ3n) is 4.18. The standard InChI is InChI=1S/C17H17ClN4O3/c18-15-4-3-14(10-16(15)22(24)25)17(23)21-8-6-20(7-9-21)12-13-2-1-5-19-11-13/h1-5,10-11H,6-9,12H2. The van der Waals surface area contributed by atoms with Gasteiger partial charge in [0.25, 0.3) is 11.6 Å². The third kappa shape index (κ3) is 4.12. The molecule has 0 aliphatic carbocycles. The second kappa shape index (κ2) is 7.58. The summed E-state index contributed by atoms with van der Waals surface area (Å²) in [4.78, 5) is 31.1. The summed E-state index contributed by atoms with van der Waals surface area (Å²) < 4.78 is 0. The molecule has 1 aromatic carbocycles. The van der Waals surface area contributed by atoms with Crippen molar-refractivity contribution in [1.29, 1.82) is 0 Å². The van der Waals surface area contributed by atoms with Gasteiger partial charge in [0.05, 0.1) is 4.92 Å². The minimum absolute atomic E-state index is 0.0304. The Morgan fingerprint density at radius 2 is 2.00 bits per heavy atom. The van der Waals surface area contributed by atoms with Crippen LogP contribution >= 0.6 is 11.6 Å². The van der Waals surface area contributed by atoms with Crippen LogP contribution in [0.4, 0.5) is 5.69 Å². The lowest BCUT2D eigenvalue weighted by Crippen LogP contribution is -2.48. The molecule has 0 unspecified atom stereocenters. The molecule has 1 fully saturated rings. The van der Waals surface area contributed by atoms with Gasteiger partial charge in [0.2, 0.25) is 0 Å². The molecular formula is C17H17ClN4O3. The first-order valence-electron chi connectivity index (χ1n) is 7.89. The number of nitrogens with zero attached hydrogens (tertiary/aromatic N) is 4. The number of amides is 1. The Labute approximate surface area is 150 Å². The predicted molar refractivity (Wildman–Crippen MR) is 93.5 cm³/mol. The molecule has 2 heterocycles. The van der Waals surface area contributed by atoms with Crippen molar-refractivity contribution in [2.75, 3.05) is 26.2 Å². The van der Waals surface area contributed by atoms with E-state index in [2.05, 4.69) is 9.88 Å². The number of benzene rings is 1. The van der Waals surface area contributed by atoms with Gasteiger partial charge in [0.1, 0.15) is 5.02 Å². The maximum Gasteiger partial charge on any atom is 0.288 e. The first-order valence-corrected chi connectivity index (χ1v) is 8.27. The topological polar surface area (TPSA) is 79.6 Å². The van der Waals surface area contributed by atoms with E-state index in [9.17, 15) is 14.9 Å². The first-order chi connectivity index (χ1) is 12.0. The molecule has 1 aromatic heterocycles. The van der Waals surface area contributed by atoms with Crippen LogP contribution in [0.3, 0.4) is 0 Å². The van der Waals surface area contributed by atoms with E-state index in [4.69, 9.17) is 11.6 Å². The van der Waals surface area contributed by atoms with Crippen molar-refractivity contribution in [3.8, 4) is 0 Å². The Balaban J connectivity index is 1.62. The number of hydrogen-bond donors (Lipinski definition) is 0. The molecule has 25 heavy (non-hydrogen) atoms. The first kappa shape index (κ1) is 17.3. The fourth-order valence-electron chi connectivity index (χ4n) is 2.83. The summed E-state index contributed by atoms with van der Waals surface area (Å²) in [6.45, 7) is 3.44. The minimum Gasteiger partial charge on any atom is -0.336 e. The number of carbonyl (C=O) groups excluding carboxylic acids is 1. The molecule has 0 N–H and O–H groups in total. The average Bonchev–Trinajstić information content (AvgIpc) is 2.63. The lowest BCUT2D eigenvalue weighted by molar-refractivity contribution is -0.384. The molecule has 7 nitrogen and oxygen atoms in total. The highest BCUT2D eigenvalue weighted by Gasteiger charge is 2.24. The molecule has 8 heteroatoms. The van der Waals surface area contributed by atoms with Gasteiger partial charge in [0.15, 0.2) is 0 Å². The van der Waals surface area contributed by atoms with Crippen LogP contribution in [0.15, 0.2) is 42.7 Å². The van der Waals surface area contributed by atoms with Gasteiger partial charge in [-0.05, 0) is 23.8 Å². The Morgan fingerprint density at radius 1 is 1.24 bits per heavy atom. The number of pyridine rings is 1. The summed E-state index contributed by atoms with van der Waals surface area (Å²) >= 11 is 5.80. The number of piperazine rings is 1. The van der Waals surface area contributed by atoms with Crippen molar-refractivity contribution in [2.24, 2.45) is 0 Å². The van der Waals surface area contributed by atoms with E-state index in [1.807, 2.05) is 18.3 Å². The molecule has 1 aliphatic heterocycles. The van der Waals surface area contributed by atoms with Crippen LogP contribution in [-0.4, -0.2) is 51.8 Å². The molecule has 2 aromatic rings. The van der Waals surface area contributed by atoms with Crippen LogP contribution in [0.25, 0.3) is 0 Å². The van der Waals surface area contributed by atoms with E-state index in [0.717, 1.165) is 25.2 Å². The van der Waals surface area contributed by atoms with Gasteiger partial charge in [-0.25, -0.2) is 0 Å². The van der Waals surface area contributed by atoms with Gasteiger partial charge in [0, 0.05) is 56.7 Å². The number of aromatic nitrogens is 1. The lowest BCUT2D eigenvalue weighted by Gasteiger charge is -2.34. The average molecular weight is 361 g/mol. The molecule has 0 saturated carbocycles. The predicted octanol–water partition coefficient (Wildman–Crippen LogP) is 2.60. The van der Waals surface area contributed by atoms with Crippen LogP contribution < -0.4 is 0 Å². The van der Waals surface area contributed by atoms with Crippen LogP contribution in [-0.2, 0) is 6.54 Å². The molecule has 1 amide bonds. The Hall–Kier alpha value is -2.51. The van der Waals surface area contributed by atoms with Gasteiger partial charge in [-0.1, -0.05) is 17.7 Å². The molecule has 0 spiro atoms. The van der Waals surface area contributed by atoms with Crippen LogP contribution in [0, 0.1) is 10.1 Å². The summed E-state index contributed by atoms with van der Waals surface area (Å²) in [6, 6.07) is 8.10. The number of hydrogen-bond acceptors (Lipinski definition) is 5. The number of halogens is 1. The maximum absolute atomic E-state index is 12.6. The summed E-state index contributed by atoms with van der Waals surface area (Å²) in [5, 5.41) is 11.0. The molecule has 0 atom stereocenters. The Kier molecular flexibility index (Phi) is 5.25. The summed E-state index contributed by atoms with van der Waals surface area (Å²) in [6.07, 6.45) is 3.58. The fraction of sp³-hybridized carbons (Fsp3) is 0.294. The molecular weight excluding hydrogens is 344 g/mol. The molecule has 0 bridgehead atoms. The zero-order valence-electron chi connectivity index (χ0n) is 13.5. The molecule has 3 rings (SSSR count). The van der Waals surface area contributed by atoms with Crippen LogP contribution in [0.2, 0.25) is 5.02 Å². The highest BCUT2D eigenvalue weighted by Crippen LogP contribution is 2.26. The fourth-order valence-corrected chi connectivity index (χ4v) is 3.01. The van der Waals surface area contributed by atoms with E-state index in [1.54, 1.807) is 11.1 Å². The number of rotatable bonds is 4. The molecule has 0 radical (unpaired) electrons. The van der Waals surface area contributed by atoms with E-state index < -0.39 is 4.92 Å². The molecule has 1 saturated heterocycles. The summed E-state index contributed by atoms with van der Waals surface area (Å²) in [5.41, 5.74) is 1.18. The van der Waals surface area contributed by atoms with Gasteiger partial charge in [-0.2, -0.15) is 0 Å². The van der Waals surface area contributed by atoms with Crippen molar-refractivity contribution in [3.63, 3.8) is 0 Å². The van der Waals surface area contributed by atoms with E-state index in [-0.39, 0.29) is 22.2 Å². The zero-order chi connectivity index (χ0) is 17.8. The number of carbonyl (C=O) groups is 1. The van der Waals surface area contributed by atoms with Crippen LogP contribution in [0.5, 0.6) is 0 Å². The van der Waals surface area contributed by atoms with E-state index >= 15 is 0 Å². The highest BCUT2D eigenvalue weighted by molar-refractivity contribution is 6.32. The quantitative estimate of drug-likeness (QED) is 0.618. The van der Waals surface area contributed by atoms with Crippen molar-refractivity contribution in [3.05, 3.63) is 69.0 Å². The Bertz CT molecular complexity index is 777. The minimum atomic E-state index is -0.578. The van der Waals surface area contributed by atoms with Gasteiger partial charge < -0.3 is 4.90 Å². The van der Waals surface area contributed by atoms with Crippen molar-refractivity contribution in [1.82, 2.24) is 14.8 Å². The lowest BCUT2D eigenvalue weighted by atomic mass is 10.1. The second-order valence-corrected chi connectivity index (χ2v) is 6.26. The zero-order valence-corrected chi connectivity index (χ0v) is 14.2. The van der Waals surface area contributed by atoms with Gasteiger partial charge in [-0.3, -0.25) is 24.8 Å². The maximum atomic E-state index is 12.6. The number of nitro benzene ring substituents is 1. The third-order valence-corrected chi connectivity index (χ3v) is 4.50.